The van der Waals surface area contributed by atoms with Gasteiger partial charge in [-0.05, 0) is 43.4 Å². The normalized spacial score (nSPS) is 13.0. The van der Waals surface area contributed by atoms with E-state index in [9.17, 15) is 0 Å². The molecule has 1 aromatic heterocycles. The summed E-state index contributed by atoms with van der Waals surface area (Å²) >= 11 is 5.90. The predicted molar refractivity (Wildman–Crippen MR) is 91.2 cm³/mol. The van der Waals surface area contributed by atoms with Crippen LogP contribution in [0.5, 0.6) is 0 Å². The summed E-state index contributed by atoms with van der Waals surface area (Å²) in [6.45, 7) is 8.75. The van der Waals surface area contributed by atoms with E-state index in [4.69, 9.17) is 11.6 Å². The van der Waals surface area contributed by atoms with Gasteiger partial charge in [-0.15, -0.1) is 0 Å². The van der Waals surface area contributed by atoms with Crippen molar-refractivity contribution in [3.63, 3.8) is 0 Å². The zero-order chi connectivity index (χ0) is 15.5. The molecule has 1 unspecified atom stereocenters. The van der Waals surface area contributed by atoms with E-state index in [-0.39, 0.29) is 5.41 Å². The Labute approximate surface area is 132 Å². The number of pyridine rings is 1. The molecule has 21 heavy (non-hydrogen) atoms. The van der Waals surface area contributed by atoms with Crippen LogP contribution < -0.4 is 5.32 Å². The third-order valence-corrected chi connectivity index (χ3v) is 4.04. The molecule has 0 saturated carbocycles. The number of benzene rings is 1. The van der Waals surface area contributed by atoms with Gasteiger partial charge in [0.2, 0.25) is 0 Å². The van der Waals surface area contributed by atoms with Crippen LogP contribution in [0.15, 0.2) is 42.5 Å². The lowest BCUT2D eigenvalue weighted by Crippen LogP contribution is -2.28. The molecule has 0 aliphatic carbocycles. The molecule has 0 amide bonds. The maximum Gasteiger partial charge on any atom is 0.129 e. The van der Waals surface area contributed by atoms with Gasteiger partial charge in [-0.3, -0.25) is 0 Å². The molecule has 0 saturated heterocycles. The summed E-state index contributed by atoms with van der Waals surface area (Å²) in [6, 6.07) is 14.8. The van der Waals surface area contributed by atoms with Gasteiger partial charge in [0, 0.05) is 6.04 Å². The number of aromatic nitrogens is 1. The molecule has 2 aromatic rings. The average Bonchev–Trinajstić information content (AvgIpc) is 2.42. The second-order valence-corrected chi connectivity index (χ2v) is 6.65. The highest BCUT2D eigenvalue weighted by Crippen LogP contribution is 2.29. The number of hydrogen-bond acceptors (Lipinski definition) is 2. The SMILES string of the molecule is Cc1nc(Cl)ccc1NC(C)CC(C)(C)c1ccccc1. The van der Waals surface area contributed by atoms with E-state index in [1.54, 1.807) is 0 Å². The van der Waals surface area contributed by atoms with Crippen LogP contribution in [0.3, 0.4) is 0 Å². The predicted octanol–water partition coefficient (Wildman–Crippen LogP) is 5.21. The highest BCUT2D eigenvalue weighted by molar-refractivity contribution is 6.29. The quantitative estimate of drug-likeness (QED) is 0.767. The summed E-state index contributed by atoms with van der Waals surface area (Å²) in [5.74, 6) is 0. The molecule has 0 radical (unpaired) electrons. The first-order chi connectivity index (χ1) is 9.88. The van der Waals surface area contributed by atoms with Crippen molar-refractivity contribution in [2.45, 2.75) is 45.6 Å². The molecule has 0 bridgehead atoms. The first-order valence-electron chi connectivity index (χ1n) is 7.34. The van der Waals surface area contributed by atoms with Crippen molar-refractivity contribution in [2.75, 3.05) is 5.32 Å². The first kappa shape index (κ1) is 15.8. The Morgan fingerprint density at radius 2 is 1.81 bits per heavy atom. The summed E-state index contributed by atoms with van der Waals surface area (Å²) in [7, 11) is 0. The van der Waals surface area contributed by atoms with Crippen LogP contribution in [0.25, 0.3) is 0 Å². The molecule has 3 heteroatoms. The second kappa shape index (κ2) is 6.48. The maximum absolute atomic E-state index is 5.90. The molecule has 1 atom stereocenters. The Kier molecular flexibility index (Phi) is 4.89. The molecule has 0 spiro atoms. The molecule has 0 fully saturated rings. The average molecular weight is 303 g/mol. The Hall–Kier alpha value is -1.54. The fourth-order valence-electron chi connectivity index (χ4n) is 2.77. The first-order valence-corrected chi connectivity index (χ1v) is 7.71. The fourth-order valence-corrected chi connectivity index (χ4v) is 2.96. The van der Waals surface area contributed by atoms with Gasteiger partial charge in [0.1, 0.15) is 5.15 Å². The molecule has 0 aliphatic heterocycles. The second-order valence-electron chi connectivity index (χ2n) is 6.27. The minimum absolute atomic E-state index is 0.126. The van der Waals surface area contributed by atoms with Crippen LogP contribution >= 0.6 is 11.6 Å². The Morgan fingerprint density at radius 1 is 1.14 bits per heavy atom. The molecule has 112 valence electrons. The van der Waals surface area contributed by atoms with E-state index in [2.05, 4.69) is 61.4 Å². The van der Waals surface area contributed by atoms with E-state index < -0.39 is 0 Å². The highest BCUT2D eigenvalue weighted by atomic mass is 35.5. The molecule has 2 nitrogen and oxygen atoms in total. The minimum Gasteiger partial charge on any atom is -0.381 e. The van der Waals surface area contributed by atoms with Crippen LogP contribution in [0.4, 0.5) is 5.69 Å². The van der Waals surface area contributed by atoms with Crippen molar-refractivity contribution in [3.8, 4) is 0 Å². The summed E-state index contributed by atoms with van der Waals surface area (Å²) in [6.07, 6.45) is 1.04. The van der Waals surface area contributed by atoms with Crippen molar-refractivity contribution in [2.24, 2.45) is 0 Å². The zero-order valence-corrected chi connectivity index (χ0v) is 13.9. The van der Waals surface area contributed by atoms with Crippen LogP contribution in [0.2, 0.25) is 5.15 Å². The smallest absolute Gasteiger partial charge is 0.129 e. The fraction of sp³-hybridized carbons (Fsp3) is 0.389. The van der Waals surface area contributed by atoms with Gasteiger partial charge < -0.3 is 5.32 Å². The van der Waals surface area contributed by atoms with Crippen LogP contribution in [0.1, 0.15) is 38.4 Å². The Morgan fingerprint density at radius 3 is 2.43 bits per heavy atom. The largest absolute Gasteiger partial charge is 0.381 e. The van der Waals surface area contributed by atoms with E-state index in [0.717, 1.165) is 17.8 Å². The number of anilines is 1. The lowest BCUT2D eigenvalue weighted by Gasteiger charge is -2.30. The summed E-state index contributed by atoms with van der Waals surface area (Å²) in [5, 5.41) is 4.08. The molecule has 1 aromatic carbocycles. The van der Waals surface area contributed by atoms with Crippen molar-refractivity contribution in [1.29, 1.82) is 0 Å². The standard InChI is InChI=1S/C18H23ClN2/c1-13(20-16-10-11-17(19)21-14(16)2)12-18(3,4)15-8-6-5-7-9-15/h5-11,13,20H,12H2,1-4H3. The van der Waals surface area contributed by atoms with Crippen LogP contribution in [-0.4, -0.2) is 11.0 Å². The van der Waals surface area contributed by atoms with E-state index in [0.29, 0.717) is 11.2 Å². The number of nitrogens with zero attached hydrogens (tertiary/aromatic N) is 1. The topological polar surface area (TPSA) is 24.9 Å². The van der Waals surface area contributed by atoms with Gasteiger partial charge in [0.25, 0.3) is 0 Å². The summed E-state index contributed by atoms with van der Waals surface area (Å²) in [4.78, 5) is 4.28. The van der Waals surface area contributed by atoms with E-state index in [1.807, 2.05) is 19.1 Å². The van der Waals surface area contributed by atoms with Gasteiger partial charge in [-0.25, -0.2) is 4.98 Å². The third kappa shape index (κ3) is 4.21. The van der Waals surface area contributed by atoms with E-state index >= 15 is 0 Å². The molecule has 1 heterocycles. The third-order valence-electron chi connectivity index (χ3n) is 3.83. The van der Waals surface area contributed by atoms with Gasteiger partial charge in [-0.2, -0.15) is 0 Å². The van der Waals surface area contributed by atoms with Gasteiger partial charge in [0.15, 0.2) is 0 Å². The number of aryl methyl sites for hydroxylation is 1. The molecule has 2 rings (SSSR count). The number of rotatable bonds is 5. The van der Waals surface area contributed by atoms with Crippen molar-refractivity contribution in [3.05, 3.63) is 58.9 Å². The van der Waals surface area contributed by atoms with Gasteiger partial charge >= 0.3 is 0 Å². The van der Waals surface area contributed by atoms with E-state index in [1.165, 1.54) is 5.56 Å². The Bertz CT molecular complexity index is 593. The molecule has 0 aliphatic rings. The highest BCUT2D eigenvalue weighted by Gasteiger charge is 2.23. The Balaban J connectivity index is 2.06. The number of nitrogens with one attached hydrogen (secondary N) is 1. The summed E-state index contributed by atoms with van der Waals surface area (Å²) < 4.78 is 0. The molecule has 1 N–H and O–H groups in total. The lowest BCUT2D eigenvalue weighted by atomic mass is 9.79. The molecular weight excluding hydrogens is 280 g/mol. The van der Waals surface area contributed by atoms with Crippen molar-refractivity contribution < 1.29 is 0 Å². The van der Waals surface area contributed by atoms with Gasteiger partial charge in [-0.1, -0.05) is 55.8 Å². The van der Waals surface area contributed by atoms with Gasteiger partial charge in [0.05, 0.1) is 11.4 Å². The monoisotopic (exact) mass is 302 g/mol. The van der Waals surface area contributed by atoms with Crippen LogP contribution in [0, 0.1) is 6.92 Å². The number of hydrogen-bond donors (Lipinski definition) is 1. The number of halogens is 1. The summed E-state index contributed by atoms with van der Waals surface area (Å²) in [5.41, 5.74) is 3.48. The van der Waals surface area contributed by atoms with Crippen LogP contribution in [-0.2, 0) is 5.41 Å². The lowest BCUT2D eigenvalue weighted by molar-refractivity contribution is 0.450. The minimum atomic E-state index is 0.126. The van der Waals surface area contributed by atoms with Crippen molar-refractivity contribution >= 4 is 17.3 Å². The maximum atomic E-state index is 5.90. The molecular formula is C18H23ClN2. The zero-order valence-electron chi connectivity index (χ0n) is 13.2. The van der Waals surface area contributed by atoms with Crippen molar-refractivity contribution in [1.82, 2.24) is 4.98 Å².